The number of rotatable bonds is 7. The normalized spacial score (nSPS) is 12.2. The summed E-state index contributed by atoms with van der Waals surface area (Å²) >= 11 is 0. The number of benzene rings is 1. The zero-order chi connectivity index (χ0) is 15.9. The highest BCUT2D eigenvalue weighted by Crippen LogP contribution is 2.18. The van der Waals surface area contributed by atoms with Crippen LogP contribution in [0.1, 0.15) is 31.2 Å². The Bertz CT molecular complexity index is 579. The van der Waals surface area contributed by atoms with Crippen LogP contribution in [0.2, 0.25) is 0 Å². The number of nitrogens with zero attached hydrogens (tertiary/aromatic N) is 1. The summed E-state index contributed by atoms with van der Waals surface area (Å²) in [6.45, 7) is 4.04. The van der Waals surface area contributed by atoms with Gasteiger partial charge < -0.3 is 19.7 Å². The van der Waals surface area contributed by atoms with E-state index < -0.39 is 6.10 Å². The summed E-state index contributed by atoms with van der Waals surface area (Å²) in [5.41, 5.74) is 1.28. The standard InChI is InChI=1S/C16H20N2O4/c1-11(2)22-14-5-3-12(4-6-14)15(19)10-17-16(20)9-13-7-8-21-18-13/h3-8,11,15,19H,9-10H2,1-2H3,(H,17,20). The van der Waals surface area contributed by atoms with Gasteiger partial charge in [0, 0.05) is 12.6 Å². The van der Waals surface area contributed by atoms with Crippen LogP contribution in [0.25, 0.3) is 0 Å². The van der Waals surface area contributed by atoms with Gasteiger partial charge >= 0.3 is 0 Å². The van der Waals surface area contributed by atoms with Gasteiger partial charge in [-0.05, 0) is 31.5 Å². The van der Waals surface area contributed by atoms with Crippen molar-refractivity contribution < 1.29 is 19.2 Å². The number of aliphatic hydroxyl groups excluding tert-OH is 1. The van der Waals surface area contributed by atoms with Crippen LogP contribution in [-0.2, 0) is 11.2 Å². The maximum absolute atomic E-state index is 11.7. The Kier molecular flexibility index (Phi) is 5.55. The molecule has 0 aliphatic rings. The molecule has 0 fully saturated rings. The molecule has 1 heterocycles. The molecule has 2 rings (SSSR count). The molecule has 0 aliphatic heterocycles. The quantitative estimate of drug-likeness (QED) is 0.815. The number of aliphatic hydroxyl groups is 1. The monoisotopic (exact) mass is 304 g/mol. The lowest BCUT2D eigenvalue weighted by Gasteiger charge is -2.14. The van der Waals surface area contributed by atoms with Gasteiger partial charge in [0.15, 0.2) is 0 Å². The van der Waals surface area contributed by atoms with Crippen molar-refractivity contribution in [1.82, 2.24) is 10.5 Å². The number of nitrogens with one attached hydrogen (secondary N) is 1. The fourth-order valence-electron chi connectivity index (χ4n) is 1.92. The third kappa shape index (κ3) is 4.89. The van der Waals surface area contributed by atoms with Gasteiger partial charge in [0.2, 0.25) is 5.91 Å². The second kappa shape index (κ2) is 7.61. The maximum Gasteiger partial charge on any atom is 0.226 e. The first kappa shape index (κ1) is 16.0. The van der Waals surface area contributed by atoms with Crippen molar-refractivity contribution >= 4 is 5.91 Å². The average Bonchev–Trinajstić information content (AvgIpc) is 2.98. The third-order valence-electron chi connectivity index (χ3n) is 2.96. The van der Waals surface area contributed by atoms with Crippen molar-refractivity contribution in [2.75, 3.05) is 6.54 Å². The van der Waals surface area contributed by atoms with Gasteiger partial charge in [-0.15, -0.1) is 0 Å². The highest BCUT2D eigenvalue weighted by molar-refractivity contribution is 5.78. The van der Waals surface area contributed by atoms with Crippen LogP contribution in [0.15, 0.2) is 41.1 Å². The molecule has 1 aromatic heterocycles. The van der Waals surface area contributed by atoms with E-state index in [1.807, 2.05) is 13.8 Å². The molecular weight excluding hydrogens is 284 g/mol. The molecule has 0 bridgehead atoms. The van der Waals surface area contributed by atoms with Gasteiger partial charge in [-0.2, -0.15) is 0 Å². The molecule has 6 nitrogen and oxygen atoms in total. The molecule has 0 radical (unpaired) electrons. The third-order valence-corrected chi connectivity index (χ3v) is 2.96. The number of ether oxygens (including phenoxy) is 1. The summed E-state index contributed by atoms with van der Waals surface area (Å²) < 4.78 is 10.2. The number of carbonyl (C=O) groups is 1. The van der Waals surface area contributed by atoms with Crippen LogP contribution in [0, 0.1) is 0 Å². The van der Waals surface area contributed by atoms with Crippen molar-refractivity contribution in [2.24, 2.45) is 0 Å². The molecule has 0 spiro atoms. The van der Waals surface area contributed by atoms with Gasteiger partial charge in [-0.25, -0.2) is 0 Å². The van der Waals surface area contributed by atoms with Gasteiger partial charge in [-0.3, -0.25) is 4.79 Å². The van der Waals surface area contributed by atoms with E-state index in [-0.39, 0.29) is 25.0 Å². The molecule has 1 amide bonds. The van der Waals surface area contributed by atoms with Crippen molar-refractivity contribution in [1.29, 1.82) is 0 Å². The predicted molar refractivity (Wildman–Crippen MR) is 80.4 cm³/mol. The summed E-state index contributed by atoms with van der Waals surface area (Å²) in [7, 11) is 0. The average molecular weight is 304 g/mol. The van der Waals surface area contributed by atoms with E-state index in [0.717, 1.165) is 11.3 Å². The molecule has 0 saturated carbocycles. The first-order valence-corrected chi connectivity index (χ1v) is 7.15. The van der Waals surface area contributed by atoms with E-state index in [2.05, 4.69) is 15.0 Å². The van der Waals surface area contributed by atoms with Crippen LogP contribution < -0.4 is 10.1 Å². The summed E-state index contributed by atoms with van der Waals surface area (Å²) in [6, 6.07) is 8.80. The highest BCUT2D eigenvalue weighted by Gasteiger charge is 2.11. The summed E-state index contributed by atoms with van der Waals surface area (Å²) in [5.74, 6) is 0.536. The minimum atomic E-state index is -0.769. The molecule has 0 aliphatic carbocycles. The lowest BCUT2D eigenvalue weighted by Crippen LogP contribution is -2.29. The van der Waals surface area contributed by atoms with E-state index in [9.17, 15) is 9.90 Å². The molecule has 2 aromatic rings. The number of carbonyl (C=O) groups excluding carboxylic acids is 1. The lowest BCUT2D eigenvalue weighted by molar-refractivity contribution is -0.121. The first-order valence-electron chi connectivity index (χ1n) is 7.15. The number of aromatic nitrogens is 1. The summed E-state index contributed by atoms with van der Waals surface area (Å²) in [6.07, 6.45) is 0.878. The Morgan fingerprint density at radius 3 is 2.64 bits per heavy atom. The SMILES string of the molecule is CC(C)Oc1ccc(C(O)CNC(=O)Cc2ccon2)cc1. The van der Waals surface area contributed by atoms with Crippen LogP contribution in [0.3, 0.4) is 0 Å². The largest absolute Gasteiger partial charge is 0.491 e. The molecule has 1 unspecified atom stereocenters. The molecular formula is C16H20N2O4. The van der Waals surface area contributed by atoms with Gasteiger partial charge in [0.05, 0.1) is 24.3 Å². The first-order chi connectivity index (χ1) is 10.5. The van der Waals surface area contributed by atoms with E-state index >= 15 is 0 Å². The zero-order valence-electron chi connectivity index (χ0n) is 12.7. The van der Waals surface area contributed by atoms with Crippen molar-refractivity contribution in [2.45, 2.75) is 32.5 Å². The highest BCUT2D eigenvalue weighted by atomic mass is 16.5. The Hall–Kier alpha value is -2.34. The number of hydrogen-bond acceptors (Lipinski definition) is 5. The Morgan fingerprint density at radius 2 is 2.05 bits per heavy atom. The molecule has 1 atom stereocenters. The van der Waals surface area contributed by atoms with Gasteiger partial charge in [0.25, 0.3) is 0 Å². The molecule has 2 N–H and O–H groups in total. The Labute approximate surface area is 129 Å². The van der Waals surface area contributed by atoms with Crippen LogP contribution in [0.5, 0.6) is 5.75 Å². The molecule has 0 saturated heterocycles. The Balaban J connectivity index is 1.81. The lowest BCUT2D eigenvalue weighted by atomic mass is 10.1. The molecule has 118 valence electrons. The van der Waals surface area contributed by atoms with Gasteiger partial charge in [-0.1, -0.05) is 17.3 Å². The smallest absolute Gasteiger partial charge is 0.226 e. The number of amides is 1. The second-order valence-corrected chi connectivity index (χ2v) is 5.22. The van der Waals surface area contributed by atoms with Crippen LogP contribution in [0.4, 0.5) is 0 Å². The van der Waals surface area contributed by atoms with Crippen molar-refractivity contribution in [3.8, 4) is 5.75 Å². The van der Waals surface area contributed by atoms with Crippen LogP contribution >= 0.6 is 0 Å². The summed E-state index contributed by atoms with van der Waals surface area (Å²) in [4.78, 5) is 11.7. The minimum Gasteiger partial charge on any atom is -0.491 e. The zero-order valence-corrected chi connectivity index (χ0v) is 12.7. The summed E-state index contributed by atoms with van der Waals surface area (Å²) in [5, 5.41) is 16.4. The van der Waals surface area contributed by atoms with E-state index in [1.54, 1.807) is 30.3 Å². The van der Waals surface area contributed by atoms with Crippen LogP contribution in [-0.4, -0.2) is 28.8 Å². The maximum atomic E-state index is 11.7. The molecule has 6 heteroatoms. The fourth-order valence-corrected chi connectivity index (χ4v) is 1.92. The Morgan fingerprint density at radius 1 is 1.32 bits per heavy atom. The predicted octanol–water partition coefficient (Wildman–Crippen LogP) is 1.85. The number of hydrogen-bond donors (Lipinski definition) is 2. The van der Waals surface area contributed by atoms with Crippen molar-refractivity contribution in [3.05, 3.63) is 47.9 Å². The van der Waals surface area contributed by atoms with Gasteiger partial charge in [0.1, 0.15) is 12.0 Å². The van der Waals surface area contributed by atoms with E-state index in [0.29, 0.717) is 5.69 Å². The molecule has 1 aromatic carbocycles. The minimum absolute atomic E-state index is 0.103. The second-order valence-electron chi connectivity index (χ2n) is 5.22. The topological polar surface area (TPSA) is 84.6 Å². The molecule has 22 heavy (non-hydrogen) atoms. The van der Waals surface area contributed by atoms with Crippen molar-refractivity contribution in [3.63, 3.8) is 0 Å². The van der Waals surface area contributed by atoms with E-state index in [4.69, 9.17) is 4.74 Å². The fraction of sp³-hybridized carbons (Fsp3) is 0.375. The van der Waals surface area contributed by atoms with E-state index in [1.165, 1.54) is 6.26 Å².